The van der Waals surface area contributed by atoms with Crippen LogP contribution in [0.4, 0.5) is 5.69 Å². The Balaban J connectivity index is 1.67. The number of allylic oxidation sites excluding steroid dienone is 2. The molecule has 8 nitrogen and oxygen atoms in total. The summed E-state index contributed by atoms with van der Waals surface area (Å²) in [5, 5.41) is 14.7. The average Bonchev–Trinajstić information content (AvgIpc) is 3.42. The van der Waals surface area contributed by atoms with Gasteiger partial charge in [-0.3, -0.25) is 14.9 Å². The van der Waals surface area contributed by atoms with E-state index in [1.807, 2.05) is 12.1 Å². The smallest absolute Gasteiger partial charge is 0.336 e. The number of nitro groups is 1. The number of esters is 1. The van der Waals surface area contributed by atoms with Gasteiger partial charge in [-0.25, -0.2) is 4.79 Å². The number of benzene rings is 2. The van der Waals surface area contributed by atoms with Gasteiger partial charge in [-0.15, -0.1) is 0 Å². The van der Waals surface area contributed by atoms with Crippen molar-refractivity contribution in [3.63, 3.8) is 0 Å². The molecule has 0 saturated heterocycles. The predicted molar refractivity (Wildman–Crippen MR) is 124 cm³/mol. The van der Waals surface area contributed by atoms with Gasteiger partial charge in [0.1, 0.15) is 11.5 Å². The summed E-state index contributed by atoms with van der Waals surface area (Å²) in [5.41, 5.74) is 3.21. The third-order valence-electron chi connectivity index (χ3n) is 5.99. The lowest BCUT2D eigenvalue weighted by Gasteiger charge is -2.27. The second kappa shape index (κ2) is 8.00. The van der Waals surface area contributed by atoms with Crippen LogP contribution in [0.2, 0.25) is 5.02 Å². The molecule has 2 heterocycles. The average molecular weight is 477 g/mol. The summed E-state index contributed by atoms with van der Waals surface area (Å²) in [4.78, 5) is 36.9. The summed E-state index contributed by atoms with van der Waals surface area (Å²) < 4.78 is 11.1. The van der Waals surface area contributed by atoms with Gasteiger partial charge in [0.2, 0.25) is 0 Å². The van der Waals surface area contributed by atoms with Crippen LogP contribution in [0.5, 0.6) is 0 Å². The Kier molecular flexibility index (Phi) is 5.10. The number of carbonyl (C=O) groups excluding carboxylic acids is 2. The Morgan fingerprint density at radius 1 is 1.12 bits per heavy atom. The van der Waals surface area contributed by atoms with Gasteiger partial charge in [0, 0.05) is 40.1 Å². The van der Waals surface area contributed by atoms with Crippen LogP contribution in [0.3, 0.4) is 0 Å². The van der Waals surface area contributed by atoms with Gasteiger partial charge in [0.05, 0.1) is 34.2 Å². The number of Topliss-reactive ketones (excluding diaryl/α,β-unsaturated/α-hetero) is 1. The molecule has 0 fully saturated rings. The lowest BCUT2D eigenvalue weighted by atomic mass is 9.83. The van der Waals surface area contributed by atoms with E-state index in [0.29, 0.717) is 33.9 Å². The van der Waals surface area contributed by atoms with Crippen LogP contribution in [0.25, 0.3) is 17.0 Å². The molecule has 2 aromatic carbocycles. The molecule has 0 spiro atoms. The van der Waals surface area contributed by atoms with Crippen molar-refractivity contribution in [3.8, 4) is 11.3 Å². The Morgan fingerprint density at radius 2 is 1.85 bits per heavy atom. The normalized spacial score (nSPS) is 16.8. The Morgan fingerprint density at radius 3 is 2.56 bits per heavy atom. The molecule has 34 heavy (non-hydrogen) atoms. The van der Waals surface area contributed by atoms with Crippen molar-refractivity contribution in [1.82, 2.24) is 5.32 Å². The van der Waals surface area contributed by atoms with E-state index in [-0.39, 0.29) is 27.8 Å². The van der Waals surface area contributed by atoms with E-state index in [1.54, 1.807) is 31.2 Å². The highest BCUT2D eigenvalue weighted by molar-refractivity contribution is 6.33. The van der Waals surface area contributed by atoms with Crippen molar-refractivity contribution in [1.29, 1.82) is 0 Å². The molecular formula is C25H17ClN2O6. The molecule has 1 aliphatic carbocycles. The van der Waals surface area contributed by atoms with Crippen LogP contribution < -0.4 is 5.32 Å². The summed E-state index contributed by atoms with van der Waals surface area (Å²) in [7, 11) is 1.27. The van der Waals surface area contributed by atoms with Crippen molar-refractivity contribution in [2.24, 2.45) is 0 Å². The molecule has 1 aliphatic heterocycles. The number of carbonyl (C=O) groups is 2. The van der Waals surface area contributed by atoms with Gasteiger partial charge in [-0.2, -0.15) is 0 Å². The van der Waals surface area contributed by atoms with E-state index < -0.39 is 16.8 Å². The number of non-ortho nitro benzene ring substituents is 1. The fraction of sp³-hybridized carbons (Fsp3) is 0.120. The molecule has 0 amide bonds. The SMILES string of the molecule is COC(=O)C1=C(C)NC2=C(C(=O)c3ccccc32)[C@@H]1c1ccc(-c2cc([N+](=O)[O-])ccc2Cl)o1. The number of halogens is 1. The molecule has 9 heteroatoms. The summed E-state index contributed by atoms with van der Waals surface area (Å²) in [6.07, 6.45) is 0. The van der Waals surface area contributed by atoms with Crippen molar-refractivity contribution in [2.45, 2.75) is 12.8 Å². The van der Waals surface area contributed by atoms with E-state index >= 15 is 0 Å². The van der Waals surface area contributed by atoms with Crippen molar-refractivity contribution in [3.05, 3.63) is 103 Å². The van der Waals surface area contributed by atoms with Crippen molar-refractivity contribution in [2.75, 3.05) is 7.11 Å². The van der Waals surface area contributed by atoms with Gasteiger partial charge in [-0.1, -0.05) is 35.9 Å². The number of ketones is 1. The largest absolute Gasteiger partial charge is 0.466 e. The Bertz CT molecular complexity index is 1470. The van der Waals surface area contributed by atoms with Crippen LogP contribution >= 0.6 is 11.6 Å². The first-order chi connectivity index (χ1) is 16.3. The molecule has 5 rings (SSSR count). The van der Waals surface area contributed by atoms with E-state index in [4.69, 9.17) is 20.8 Å². The van der Waals surface area contributed by atoms with Crippen molar-refractivity contribution >= 4 is 34.7 Å². The third-order valence-corrected chi connectivity index (χ3v) is 6.32. The number of nitrogens with one attached hydrogen (secondary N) is 1. The minimum Gasteiger partial charge on any atom is -0.466 e. The second-order valence-electron chi connectivity index (χ2n) is 7.87. The van der Waals surface area contributed by atoms with Gasteiger partial charge in [0.15, 0.2) is 5.78 Å². The van der Waals surface area contributed by atoms with E-state index in [0.717, 1.165) is 5.56 Å². The molecule has 0 radical (unpaired) electrons. The number of nitro benzene ring substituents is 1. The highest BCUT2D eigenvalue weighted by Gasteiger charge is 2.44. The number of dihydropyridines is 1. The van der Waals surface area contributed by atoms with Crippen LogP contribution in [0.15, 0.2) is 75.9 Å². The van der Waals surface area contributed by atoms with Crippen LogP contribution in [-0.4, -0.2) is 23.8 Å². The maximum absolute atomic E-state index is 13.4. The second-order valence-corrected chi connectivity index (χ2v) is 8.28. The lowest BCUT2D eigenvalue weighted by molar-refractivity contribution is -0.384. The number of rotatable bonds is 4. The first-order valence-electron chi connectivity index (χ1n) is 10.3. The van der Waals surface area contributed by atoms with Crippen LogP contribution in [-0.2, 0) is 9.53 Å². The zero-order chi connectivity index (χ0) is 24.1. The Hall–Kier alpha value is -4.17. The molecule has 1 atom stereocenters. The van der Waals surface area contributed by atoms with Gasteiger partial charge in [-0.05, 0) is 25.1 Å². The highest BCUT2D eigenvalue weighted by atomic mass is 35.5. The van der Waals surface area contributed by atoms with E-state index in [2.05, 4.69) is 5.32 Å². The first kappa shape index (κ1) is 21.7. The molecule has 170 valence electrons. The van der Waals surface area contributed by atoms with Gasteiger partial charge < -0.3 is 14.5 Å². The monoisotopic (exact) mass is 476 g/mol. The van der Waals surface area contributed by atoms with Crippen LogP contribution in [0, 0.1) is 10.1 Å². The summed E-state index contributed by atoms with van der Waals surface area (Å²) in [6, 6.07) is 14.5. The summed E-state index contributed by atoms with van der Waals surface area (Å²) in [6.45, 7) is 1.73. The molecule has 0 unspecified atom stereocenters. The summed E-state index contributed by atoms with van der Waals surface area (Å²) >= 11 is 6.29. The number of furan rings is 1. The summed E-state index contributed by atoms with van der Waals surface area (Å²) in [5.74, 6) is -1.07. The maximum atomic E-state index is 13.4. The molecular weight excluding hydrogens is 460 g/mol. The zero-order valence-corrected chi connectivity index (χ0v) is 18.8. The standard InChI is InChI=1S/C25H17ClN2O6/c1-12-20(25(30)33-2)21(22-23(27-12)14-5-3-4-6-15(14)24(22)29)19-10-9-18(34-19)16-11-13(28(31)32)7-8-17(16)26/h3-11,21,27H,1-2H3/t21-/m1/s1. The minimum atomic E-state index is -0.838. The number of hydrogen-bond donors (Lipinski definition) is 1. The fourth-order valence-electron chi connectivity index (χ4n) is 4.46. The molecule has 3 aromatic rings. The van der Waals surface area contributed by atoms with E-state index in [1.165, 1.54) is 25.3 Å². The quantitative estimate of drug-likeness (QED) is 0.311. The number of hydrogen-bond acceptors (Lipinski definition) is 7. The highest BCUT2D eigenvalue weighted by Crippen LogP contribution is 2.47. The topological polar surface area (TPSA) is 112 Å². The molecule has 2 aliphatic rings. The minimum absolute atomic E-state index is 0.142. The molecule has 0 saturated carbocycles. The fourth-order valence-corrected chi connectivity index (χ4v) is 4.67. The number of ether oxygens (including phenoxy) is 1. The number of fused-ring (bicyclic) bond motifs is 2. The maximum Gasteiger partial charge on any atom is 0.336 e. The third kappa shape index (κ3) is 3.22. The van der Waals surface area contributed by atoms with E-state index in [9.17, 15) is 19.7 Å². The predicted octanol–water partition coefficient (Wildman–Crippen LogP) is 5.25. The number of methoxy groups -OCH3 is 1. The van der Waals surface area contributed by atoms with Crippen molar-refractivity contribution < 1.29 is 23.7 Å². The van der Waals surface area contributed by atoms with Gasteiger partial charge >= 0.3 is 5.97 Å². The molecule has 1 N–H and O–H groups in total. The Labute approximate surface area is 198 Å². The van der Waals surface area contributed by atoms with Crippen LogP contribution in [0.1, 0.15) is 34.5 Å². The lowest BCUT2D eigenvalue weighted by Crippen LogP contribution is -2.28. The zero-order valence-electron chi connectivity index (χ0n) is 18.0. The first-order valence-corrected chi connectivity index (χ1v) is 10.7. The molecule has 1 aromatic heterocycles. The van der Waals surface area contributed by atoms with Gasteiger partial charge in [0.25, 0.3) is 5.69 Å². The number of nitrogens with zero attached hydrogens (tertiary/aromatic N) is 1. The molecule has 0 bridgehead atoms.